The first kappa shape index (κ1) is 26.2. The number of hydrogen-bond donors (Lipinski definition) is 2. The largest absolute Gasteiger partial charge is 0.507 e. The first-order chi connectivity index (χ1) is 16.6. The summed E-state index contributed by atoms with van der Waals surface area (Å²) in [6.07, 6.45) is 0. The highest BCUT2D eigenvalue weighted by molar-refractivity contribution is 9.10. The Morgan fingerprint density at radius 1 is 1.20 bits per heavy atom. The molecule has 0 radical (unpaired) electrons. The number of nitrogens with zero attached hydrogens (tertiary/aromatic N) is 3. The second kappa shape index (κ2) is 10.9. The number of hydrogen-bond acceptors (Lipinski definition) is 8. The van der Waals surface area contributed by atoms with E-state index < -0.39 is 39.9 Å². The molecule has 186 valence electrons. The van der Waals surface area contributed by atoms with E-state index in [4.69, 9.17) is 4.74 Å². The average Bonchev–Trinajstić information content (AvgIpc) is 3.09. The maximum atomic E-state index is 13.1. The molecule has 1 amide bonds. The monoisotopic (exact) mass is 547 g/mol. The van der Waals surface area contributed by atoms with Crippen LogP contribution < -0.4 is 4.74 Å². The highest BCUT2D eigenvalue weighted by Crippen LogP contribution is 2.42. The van der Waals surface area contributed by atoms with E-state index in [1.807, 2.05) is 13.8 Å². The van der Waals surface area contributed by atoms with Gasteiger partial charge < -0.3 is 24.7 Å². The number of aliphatic hydroxyl groups is 1. The number of amides is 1. The smallest absolute Gasteiger partial charge is 0.311 e. The Hall–Kier alpha value is -3.44. The molecule has 0 spiro atoms. The number of ether oxygens (including phenoxy) is 1. The molecular weight excluding hydrogens is 522 g/mol. The molecule has 2 aromatic carbocycles. The number of Topliss-reactive ketones (excluding diaryl/α,β-unsaturated/α-hetero) is 1. The molecule has 1 heterocycles. The minimum atomic E-state index is -1.08. The zero-order valence-electron chi connectivity index (χ0n) is 19.5. The van der Waals surface area contributed by atoms with Crippen molar-refractivity contribution in [3.8, 4) is 11.5 Å². The van der Waals surface area contributed by atoms with Crippen molar-refractivity contribution < 1.29 is 29.5 Å². The minimum Gasteiger partial charge on any atom is -0.507 e. The zero-order valence-corrected chi connectivity index (χ0v) is 21.1. The van der Waals surface area contributed by atoms with E-state index in [0.29, 0.717) is 16.8 Å². The van der Waals surface area contributed by atoms with E-state index in [-0.39, 0.29) is 23.2 Å². The number of rotatable bonds is 9. The van der Waals surface area contributed by atoms with E-state index in [1.165, 1.54) is 18.1 Å². The van der Waals surface area contributed by atoms with Gasteiger partial charge in [-0.3, -0.25) is 19.7 Å². The third kappa shape index (κ3) is 5.15. The highest BCUT2D eigenvalue weighted by atomic mass is 79.9. The van der Waals surface area contributed by atoms with Crippen molar-refractivity contribution in [2.45, 2.75) is 19.9 Å². The van der Waals surface area contributed by atoms with Gasteiger partial charge in [0, 0.05) is 24.7 Å². The average molecular weight is 548 g/mol. The van der Waals surface area contributed by atoms with Crippen molar-refractivity contribution in [1.29, 1.82) is 0 Å². The fourth-order valence-corrected chi connectivity index (χ4v) is 4.61. The van der Waals surface area contributed by atoms with Gasteiger partial charge in [0.05, 0.1) is 28.1 Å². The van der Waals surface area contributed by atoms with Gasteiger partial charge in [0.1, 0.15) is 11.5 Å². The molecule has 0 saturated carbocycles. The van der Waals surface area contributed by atoms with Crippen LogP contribution in [0.15, 0.2) is 46.4 Å². The summed E-state index contributed by atoms with van der Waals surface area (Å²) in [7, 11) is 1.48. The SMILES string of the molecule is CCN(CC)CCN1C(=O)C(=O)/C(=C(\O)c2ccc(OC)c(Br)c2)C1c1ccc(O)c([N+](=O)[O-])c1. The van der Waals surface area contributed by atoms with Gasteiger partial charge in [0.15, 0.2) is 5.75 Å². The van der Waals surface area contributed by atoms with Gasteiger partial charge in [-0.2, -0.15) is 0 Å². The van der Waals surface area contributed by atoms with Crippen molar-refractivity contribution in [1.82, 2.24) is 9.80 Å². The summed E-state index contributed by atoms with van der Waals surface area (Å²) in [4.78, 5) is 40.3. The number of methoxy groups -OCH3 is 1. The van der Waals surface area contributed by atoms with Crippen LogP contribution in [0.25, 0.3) is 5.76 Å². The number of phenolic OH excluding ortho intramolecular Hbond substituents is 1. The van der Waals surface area contributed by atoms with Gasteiger partial charge in [-0.05, 0) is 58.8 Å². The fourth-order valence-electron chi connectivity index (χ4n) is 4.07. The van der Waals surface area contributed by atoms with Crippen LogP contribution in [0.5, 0.6) is 11.5 Å². The molecule has 2 aromatic rings. The van der Waals surface area contributed by atoms with E-state index in [0.717, 1.165) is 25.2 Å². The van der Waals surface area contributed by atoms with Crippen molar-refractivity contribution in [2.24, 2.45) is 0 Å². The van der Waals surface area contributed by atoms with Crippen molar-refractivity contribution >= 4 is 39.1 Å². The number of likely N-dealkylation sites (N-methyl/N-ethyl adjacent to an activating group) is 1. The molecule has 1 atom stereocenters. The first-order valence-electron chi connectivity index (χ1n) is 11.0. The maximum Gasteiger partial charge on any atom is 0.311 e. The number of halogens is 1. The van der Waals surface area contributed by atoms with Crippen LogP contribution in [0, 0.1) is 10.1 Å². The molecule has 1 aliphatic heterocycles. The number of phenols is 1. The van der Waals surface area contributed by atoms with Crippen LogP contribution in [0.2, 0.25) is 0 Å². The Labute approximate surface area is 210 Å². The second-order valence-electron chi connectivity index (χ2n) is 7.87. The lowest BCUT2D eigenvalue weighted by atomic mass is 9.94. The summed E-state index contributed by atoms with van der Waals surface area (Å²) < 4.78 is 5.73. The van der Waals surface area contributed by atoms with E-state index in [9.17, 15) is 29.9 Å². The number of aromatic hydroxyl groups is 1. The number of carbonyl (C=O) groups excluding carboxylic acids is 2. The quantitative estimate of drug-likeness (QED) is 0.159. The van der Waals surface area contributed by atoms with Crippen molar-refractivity contribution in [3.63, 3.8) is 0 Å². The second-order valence-corrected chi connectivity index (χ2v) is 8.73. The number of carbonyl (C=O) groups is 2. The summed E-state index contributed by atoms with van der Waals surface area (Å²) >= 11 is 3.34. The van der Waals surface area contributed by atoms with Crippen LogP contribution in [0.4, 0.5) is 5.69 Å². The minimum absolute atomic E-state index is 0.161. The van der Waals surface area contributed by atoms with Gasteiger partial charge in [-0.15, -0.1) is 0 Å². The molecule has 1 saturated heterocycles. The Bertz CT molecular complexity index is 1190. The molecule has 0 aliphatic carbocycles. The van der Waals surface area contributed by atoms with E-state index in [2.05, 4.69) is 20.8 Å². The summed E-state index contributed by atoms with van der Waals surface area (Å²) in [5.74, 6) is -2.16. The number of nitro groups is 1. The van der Waals surface area contributed by atoms with Crippen LogP contribution in [-0.2, 0) is 9.59 Å². The predicted molar refractivity (Wildman–Crippen MR) is 132 cm³/mol. The van der Waals surface area contributed by atoms with Crippen LogP contribution in [0.1, 0.15) is 31.0 Å². The molecule has 1 unspecified atom stereocenters. The standard InChI is InChI=1S/C24H26BrN3O7/c1-4-26(5-2)10-11-27-21(14-6-8-18(29)17(13-14)28(33)34)20(23(31)24(27)32)22(30)15-7-9-19(35-3)16(25)12-15/h6-9,12-13,21,29-30H,4-5,10-11H2,1-3H3/b22-20-. The molecule has 1 fully saturated rings. The summed E-state index contributed by atoms with van der Waals surface area (Å²) in [6, 6.07) is 7.27. The first-order valence-corrected chi connectivity index (χ1v) is 11.8. The maximum absolute atomic E-state index is 13.1. The van der Waals surface area contributed by atoms with Gasteiger partial charge in [-0.1, -0.05) is 19.9 Å². The highest BCUT2D eigenvalue weighted by Gasteiger charge is 2.46. The third-order valence-electron chi connectivity index (χ3n) is 6.03. The molecule has 10 nitrogen and oxygen atoms in total. The Kier molecular flexibility index (Phi) is 8.13. The number of benzene rings is 2. The molecule has 11 heteroatoms. The van der Waals surface area contributed by atoms with Gasteiger partial charge in [0.25, 0.3) is 11.7 Å². The molecule has 3 rings (SSSR count). The Morgan fingerprint density at radius 3 is 2.46 bits per heavy atom. The lowest BCUT2D eigenvalue weighted by molar-refractivity contribution is -0.385. The predicted octanol–water partition coefficient (Wildman–Crippen LogP) is 3.84. The Morgan fingerprint density at radius 2 is 1.89 bits per heavy atom. The number of aliphatic hydroxyl groups excluding tert-OH is 1. The van der Waals surface area contributed by atoms with Crippen LogP contribution in [0.3, 0.4) is 0 Å². The number of likely N-dealkylation sites (tertiary alicyclic amines) is 1. The van der Waals surface area contributed by atoms with Crippen LogP contribution in [-0.4, -0.2) is 69.9 Å². The zero-order chi connectivity index (χ0) is 25.9. The van der Waals surface area contributed by atoms with Crippen molar-refractivity contribution in [3.05, 3.63) is 67.7 Å². The normalized spacial score (nSPS) is 17.3. The fraction of sp³-hybridized carbons (Fsp3) is 0.333. The van der Waals surface area contributed by atoms with E-state index in [1.54, 1.807) is 18.2 Å². The summed E-state index contributed by atoms with van der Waals surface area (Å²) in [6.45, 7) is 6.03. The molecular formula is C24H26BrN3O7. The van der Waals surface area contributed by atoms with Crippen LogP contribution >= 0.6 is 15.9 Å². The Balaban J connectivity index is 2.19. The van der Waals surface area contributed by atoms with E-state index >= 15 is 0 Å². The molecule has 35 heavy (non-hydrogen) atoms. The van der Waals surface area contributed by atoms with Gasteiger partial charge in [0.2, 0.25) is 0 Å². The lowest BCUT2D eigenvalue weighted by Crippen LogP contribution is -2.38. The molecule has 0 bridgehead atoms. The summed E-state index contributed by atoms with van der Waals surface area (Å²) in [5, 5.41) is 32.5. The topological polar surface area (TPSA) is 133 Å². The molecule has 0 aromatic heterocycles. The lowest BCUT2D eigenvalue weighted by Gasteiger charge is -2.28. The summed E-state index contributed by atoms with van der Waals surface area (Å²) in [5.41, 5.74) is -0.268. The number of ketones is 1. The van der Waals surface area contributed by atoms with Crippen molar-refractivity contribution in [2.75, 3.05) is 33.3 Å². The van der Waals surface area contributed by atoms with Gasteiger partial charge >= 0.3 is 5.69 Å². The molecule has 1 aliphatic rings. The van der Waals surface area contributed by atoms with Gasteiger partial charge in [-0.25, -0.2) is 0 Å². The molecule has 2 N–H and O–H groups in total. The third-order valence-corrected chi connectivity index (χ3v) is 6.65. The number of nitro benzene ring substituents is 1.